The minimum atomic E-state index is 0.156. The number of hydrogen-bond acceptors (Lipinski definition) is 4. The van der Waals surface area contributed by atoms with Crippen LogP contribution in [0.25, 0.3) is 0 Å². The molecule has 1 amide bonds. The summed E-state index contributed by atoms with van der Waals surface area (Å²) >= 11 is 0. The van der Waals surface area contributed by atoms with Gasteiger partial charge in [-0.05, 0) is 49.8 Å². The molecule has 1 saturated carbocycles. The Bertz CT molecular complexity index is 698. The number of hydrogen-bond donors (Lipinski definition) is 3. The average molecular weight is 431 g/mol. The minimum absolute atomic E-state index is 0.156. The van der Waals surface area contributed by atoms with E-state index in [9.17, 15) is 4.79 Å². The van der Waals surface area contributed by atoms with Crippen molar-refractivity contribution >= 4 is 17.6 Å². The van der Waals surface area contributed by atoms with Gasteiger partial charge in [-0.25, -0.2) is 0 Å². The number of anilines is 1. The summed E-state index contributed by atoms with van der Waals surface area (Å²) in [7, 11) is 1.77. The SMILES string of the molecule is CN=C(NCCCOCC1CCCO1)NCc1cccc(NC(=O)C2CCCCC2)c1. The summed E-state index contributed by atoms with van der Waals surface area (Å²) in [6.45, 7) is 3.71. The van der Waals surface area contributed by atoms with Gasteiger partial charge in [0.05, 0.1) is 12.7 Å². The van der Waals surface area contributed by atoms with Gasteiger partial charge in [-0.3, -0.25) is 9.79 Å². The van der Waals surface area contributed by atoms with E-state index >= 15 is 0 Å². The van der Waals surface area contributed by atoms with Crippen molar-refractivity contribution in [2.45, 2.75) is 64.0 Å². The molecule has 1 aromatic carbocycles. The maximum absolute atomic E-state index is 12.5. The molecule has 0 aromatic heterocycles. The van der Waals surface area contributed by atoms with Crippen LogP contribution in [0.1, 0.15) is 56.9 Å². The van der Waals surface area contributed by atoms with Crippen molar-refractivity contribution in [3.05, 3.63) is 29.8 Å². The summed E-state index contributed by atoms with van der Waals surface area (Å²) in [5.74, 6) is 1.08. The van der Waals surface area contributed by atoms with Gasteiger partial charge < -0.3 is 25.4 Å². The predicted molar refractivity (Wildman–Crippen MR) is 124 cm³/mol. The third kappa shape index (κ3) is 8.50. The van der Waals surface area contributed by atoms with Crippen LogP contribution in [0.5, 0.6) is 0 Å². The second-order valence-corrected chi connectivity index (χ2v) is 8.44. The van der Waals surface area contributed by atoms with E-state index in [4.69, 9.17) is 9.47 Å². The number of ether oxygens (including phenoxy) is 2. The van der Waals surface area contributed by atoms with Crippen LogP contribution in [-0.2, 0) is 20.8 Å². The van der Waals surface area contributed by atoms with Crippen molar-refractivity contribution in [1.29, 1.82) is 0 Å². The monoisotopic (exact) mass is 430 g/mol. The van der Waals surface area contributed by atoms with E-state index in [1.165, 1.54) is 6.42 Å². The Hall–Kier alpha value is -2.12. The maximum atomic E-state index is 12.5. The molecule has 1 saturated heterocycles. The van der Waals surface area contributed by atoms with Crippen molar-refractivity contribution in [1.82, 2.24) is 10.6 Å². The molecule has 1 atom stereocenters. The molecule has 1 aliphatic heterocycles. The van der Waals surface area contributed by atoms with Crippen molar-refractivity contribution in [2.24, 2.45) is 10.9 Å². The second-order valence-electron chi connectivity index (χ2n) is 8.44. The molecule has 7 heteroatoms. The summed E-state index contributed by atoms with van der Waals surface area (Å²) in [4.78, 5) is 16.8. The smallest absolute Gasteiger partial charge is 0.227 e. The van der Waals surface area contributed by atoms with Crippen LogP contribution in [0.3, 0.4) is 0 Å². The van der Waals surface area contributed by atoms with Crippen LogP contribution in [0.4, 0.5) is 5.69 Å². The molecular formula is C24H38N4O3. The fraction of sp³-hybridized carbons (Fsp3) is 0.667. The molecular weight excluding hydrogens is 392 g/mol. The van der Waals surface area contributed by atoms with E-state index in [2.05, 4.69) is 27.0 Å². The Morgan fingerprint density at radius 1 is 1.16 bits per heavy atom. The number of nitrogens with one attached hydrogen (secondary N) is 3. The lowest BCUT2D eigenvalue weighted by molar-refractivity contribution is -0.120. The highest BCUT2D eigenvalue weighted by molar-refractivity contribution is 5.92. The summed E-state index contributed by atoms with van der Waals surface area (Å²) in [6.07, 6.45) is 9.05. The molecule has 1 heterocycles. The lowest BCUT2D eigenvalue weighted by atomic mass is 9.88. The number of benzene rings is 1. The average Bonchev–Trinajstić information content (AvgIpc) is 3.32. The standard InChI is InChI=1S/C24H38N4O3/c1-25-24(26-13-7-14-30-18-22-12-6-15-31-22)27-17-19-8-5-11-21(16-19)28-23(29)20-9-3-2-4-10-20/h5,8,11,16,20,22H,2-4,6-7,9-10,12-15,17-18H2,1H3,(H,28,29)(H2,25,26,27). The van der Waals surface area contributed by atoms with Crippen LogP contribution < -0.4 is 16.0 Å². The van der Waals surface area contributed by atoms with Gasteiger partial charge in [0.25, 0.3) is 0 Å². The molecule has 0 radical (unpaired) electrons. The van der Waals surface area contributed by atoms with E-state index in [0.29, 0.717) is 19.8 Å². The Morgan fingerprint density at radius 2 is 2.03 bits per heavy atom. The zero-order valence-corrected chi connectivity index (χ0v) is 18.8. The Kier molecular flexibility index (Phi) is 10.1. The molecule has 3 N–H and O–H groups in total. The summed E-state index contributed by atoms with van der Waals surface area (Å²) in [5, 5.41) is 9.74. The van der Waals surface area contributed by atoms with Gasteiger partial charge in [-0.15, -0.1) is 0 Å². The molecule has 172 valence electrons. The maximum Gasteiger partial charge on any atom is 0.227 e. The van der Waals surface area contributed by atoms with Crippen LogP contribution in [0.15, 0.2) is 29.3 Å². The van der Waals surface area contributed by atoms with Crippen LogP contribution in [0, 0.1) is 5.92 Å². The van der Waals surface area contributed by atoms with Crippen LogP contribution >= 0.6 is 0 Å². The highest BCUT2D eigenvalue weighted by Crippen LogP contribution is 2.25. The van der Waals surface area contributed by atoms with E-state index in [1.54, 1.807) is 7.05 Å². The van der Waals surface area contributed by atoms with Crippen LogP contribution in [0.2, 0.25) is 0 Å². The van der Waals surface area contributed by atoms with Gasteiger partial charge in [0, 0.05) is 45.0 Å². The largest absolute Gasteiger partial charge is 0.379 e. The normalized spacial score (nSPS) is 19.9. The molecule has 31 heavy (non-hydrogen) atoms. The van der Waals surface area contributed by atoms with E-state index in [0.717, 1.165) is 75.3 Å². The molecule has 2 aliphatic rings. The number of aliphatic imine (C=N–C) groups is 1. The van der Waals surface area contributed by atoms with Gasteiger partial charge in [0.2, 0.25) is 5.91 Å². The molecule has 1 aliphatic carbocycles. The zero-order valence-electron chi connectivity index (χ0n) is 18.8. The number of carbonyl (C=O) groups is 1. The molecule has 7 nitrogen and oxygen atoms in total. The van der Waals surface area contributed by atoms with E-state index < -0.39 is 0 Å². The van der Waals surface area contributed by atoms with Crippen molar-refractivity contribution in [2.75, 3.05) is 38.7 Å². The number of guanidine groups is 1. The van der Waals surface area contributed by atoms with Gasteiger partial charge in [0.1, 0.15) is 0 Å². The molecule has 1 aromatic rings. The first-order chi connectivity index (χ1) is 15.2. The van der Waals surface area contributed by atoms with Crippen molar-refractivity contribution in [3.8, 4) is 0 Å². The lowest BCUT2D eigenvalue weighted by Crippen LogP contribution is -2.37. The molecule has 2 fully saturated rings. The van der Waals surface area contributed by atoms with E-state index in [-0.39, 0.29) is 17.9 Å². The highest BCUT2D eigenvalue weighted by atomic mass is 16.5. The summed E-state index contributed by atoms with van der Waals surface area (Å²) in [6, 6.07) is 8.01. The molecule has 1 unspecified atom stereocenters. The predicted octanol–water partition coefficient (Wildman–Crippen LogP) is 3.46. The Labute approximate surface area is 186 Å². The van der Waals surface area contributed by atoms with Crippen molar-refractivity contribution < 1.29 is 14.3 Å². The van der Waals surface area contributed by atoms with Gasteiger partial charge in [-0.1, -0.05) is 31.4 Å². The third-order valence-electron chi connectivity index (χ3n) is 5.94. The summed E-state index contributed by atoms with van der Waals surface area (Å²) < 4.78 is 11.2. The van der Waals surface area contributed by atoms with Gasteiger partial charge >= 0.3 is 0 Å². The summed E-state index contributed by atoms with van der Waals surface area (Å²) in [5.41, 5.74) is 1.96. The fourth-order valence-corrected chi connectivity index (χ4v) is 4.15. The number of nitrogens with zero attached hydrogens (tertiary/aromatic N) is 1. The Balaban J connectivity index is 1.33. The Morgan fingerprint density at radius 3 is 2.81 bits per heavy atom. The number of amides is 1. The number of rotatable bonds is 10. The third-order valence-corrected chi connectivity index (χ3v) is 5.94. The quantitative estimate of drug-likeness (QED) is 0.301. The molecule has 0 bridgehead atoms. The molecule has 0 spiro atoms. The zero-order chi connectivity index (χ0) is 21.7. The first-order valence-electron chi connectivity index (χ1n) is 11.8. The number of carbonyl (C=O) groups excluding carboxylic acids is 1. The van der Waals surface area contributed by atoms with Gasteiger partial charge in [0.15, 0.2) is 5.96 Å². The minimum Gasteiger partial charge on any atom is -0.379 e. The van der Waals surface area contributed by atoms with Crippen molar-refractivity contribution in [3.63, 3.8) is 0 Å². The van der Waals surface area contributed by atoms with Gasteiger partial charge in [-0.2, -0.15) is 0 Å². The highest BCUT2D eigenvalue weighted by Gasteiger charge is 2.21. The first kappa shape index (κ1) is 23.5. The fourth-order valence-electron chi connectivity index (χ4n) is 4.15. The lowest BCUT2D eigenvalue weighted by Gasteiger charge is -2.21. The topological polar surface area (TPSA) is 84.0 Å². The molecule has 3 rings (SSSR count). The second kappa shape index (κ2) is 13.3. The van der Waals surface area contributed by atoms with E-state index in [1.807, 2.05) is 18.2 Å². The first-order valence-corrected chi connectivity index (χ1v) is 11.8. The van der Waals surface area contributed by atoms with Crippen LogP contribution in [-0.4, -0.2) is 51.4 Å².